The fraction of sp³-hybridized carbons (Fsp3) is 0.211. The first-order valence-corrected chi connectivity index (χ1v) is 7.70. The summed E-state index contributed by atoms with van der Waals surface area (Å²) in [6, 6.07) is 13.8. The zero-order valence-corrected chi connectivity index (χ0v) is 13.8. The Morgan fingerprint density at radius 1 is 0.917 bits per heavy atom. The van der Waals surface area contributed by atoms with Crippen LogP contribution in [0, 0.1) is 6.92 Å². The number of rotatable bonds is 6. The number of aryl methyl sites for hydroxylation is 1. The molecular formula is C19H19N3O2. The minimum absolute atomic E-state index is 0.404. The van der Waals surface area contributed by atoms with Crippen LogP contribution in [0.2, 0.25) is 0 Å². The zero-order valence-electron chi connectivity index (χ0n) is 13.8. The van der Waals surface area contributed by atoms with Gasteiger partial charge in [-0.3, -0.25) is 4.98 Å². The van der Waals surface area contributed by atoms with Gasteiger partial charge >= 0.3 is 0 Å². The maximum atomic E-state index is 5.86. The number of hydrogen-bond acceptors (Lipinski definition) is 5. The van der Waals surface area contributed by atoms with Gasteiger partial charge in [-0.2, -0.15) is 4.98 Å². The minimum atomic E-state index is 0.404. The SMILES string of the molecule is COCc1cc(OCc2ccc(C)cc2)nc(-c2ccncc2)n1. The summed E-state index contributed by atoms with van der Waals surface area (Å²) in [5, 5.41) is 0. The fourth-order valence-electron chi connectivity index (χ4n) is 2.24. The summed E-state index contributed by atoms with van der Waals surface area (Å²) in [7, 11) is 1.64. The van der Waals surface area contributed by atoms with E-state index in [9.17, 15) is 0 Å². The van der Waals surface area contributed by atoms with E-state index in [-0.39, 0.29) is 0 Å². The van der Waals surface area contributed by atoms with E-state index in [1.807, 2.05) is 18.2 Å². The van der Waals surface area contributed by atoms with Crippen molar-refractivity contribution in [3.8, 4) is 17.3 Å². The van der Waals surface area contributed by atoms with Gasteiger partial charge in [0.2, 0.25) is 5.88 Å². The molecule has 0 atom stereocenters. The molecular weight excluding hydrogens is 302 g/mol. The van der Waals surface area contributed by atoms with Crippen molar-refractivity contribution in [1.29, 1.82) is 0 Å². The lowest BCUT2D eigenvalue weighted by Crippen LogP contribution is -2.03. The van der Waals surface area contributed by atoms with Gasteiger partial charge in [0.05, 0.1) is 12.3 Å². The summed E-state index contributed by atoms with van der Waals surface area (Å²) in [5.41, 5.74) is 3.99. The topological polar surface area (TPSA) is 57.1 Å². The van der Waals surface area contributed by atoms with Crippen LogP contribution >= 0.6 is 0 Å². The van der Waals surface area contributed by atoms with Gasteiger partial charge in [-0.15, -0.1) is 0 Å². The summed E-state index contributed by atoms with van der Waals surface area (Å²) in [6.45, 7) is 2.92. The van der Waals surface area contributed by atoms with Crippen LogP contribution in [-0.4, -0.2) is 22.1 Å². The number of pyridine rings is 1. The first-order chi connectivity index (χ1) is 11.7. The van der Waals surface area contributed by atoms with Crippen molar-refractivity contribution < 1.29 is 9.47 Å². The van der Waals surface area contributed by atoms with Crippen LogP contribution < -0.4 is 4.74 Å². The fourth-order valence-corrected chi connectivity index (χ4v) is 2.24. The molecule has 0 bridgehead atoms. The van der Waals surface area contributed by atoms with E-state index in [4.69, 9.17) is 9.47 Å². The molecule has 1 aromatic carbocycles. The predicted molar refractivity (Wildman–Crippen MR) is 91.5 cm³/mol. The Morgan fingerprint density at radius 2 is 1.67 bits per heavy atom. The van der Waals surface area contributed by atoms with Crippen LogP contribution in [0.5, 0.6) is 5.88 Å². The highest BCUT2D eigenvalue weighted by molar-refractivity contribution is 5.54. The van der Waals surface area contributed by atoms with Crippen molar-refractivity contribution >= 4 is 0 Å². The summed E-state index contributed by atoms with van der Waals surface area (Å²) in [6.07, 6.45) is 3.43. The quantitative estimate of drug-likeness (QED) is 0.694. The van der Waals surface area contributed by atoms with E-state index in [0.717, 1.165) is 16.8 Å². The van der Waals surface area contributed by atoms with Gasteiger partial charge in [0.25, 0.3) is 0 Å². The van der Waals surface area contributed by atoms with Gasteiger partial charge in [-0.1, -0.05) is 29.8 Å². The summed E-state index contributed by atoms with van der Waals surface area (Å²) in [5.74, 6) is 1.13. The van der Waals surface area contributed by atoms with Crippen LogP contribution in [0.4, 0.5) is 0 Å². The smallest absolute Gasteiger partial charge is 0.217 e. The van der Waals surface area contributed by atoms with E-state index in [1.54, 1.807) is 19.5 Å². The Labute approximate surface area is 141 Å². The molecule has 0 aliphatic heterocycles. The van der Waals surface area contributed by atoms with Crippen LogP contribution in [0.3, 0.4) is 0 Å². The number of methoxy groups -OCH3 is 1. The molecule has 0 radical (unpaired) electrons. The van der Waals surface area contributed by atoms with Crippen LogP contribution in [0.15, 0.2) is 54.9 Å². The molecule has 0 unspecified atom stereocenters. The van der Waals surface area contributed by atoms with Crippen LogP contribution in [0.1, 0.15) is 16.8 Å². The molecule has 3 rings (SSSR count). The average molecular weight is 321 g/mol. The van der Waals surface area contributed by atoms with Crippen molar-refractivity contribution in [3.63, 3.8) is 0 Å². The molecule has 2 aromatic heterocycles. The number of hydrogen-bond donors (Lipinski definition) is 0. The minimum Gasteiger partial charge on any atom is -0.473 e. The van der Waals surface area contributed by atoms with Gasteiger partial charge in [0.1, 0.15) is 6.61 Å². The lowest BCUT2D eigenvalue weighted by molar-refractivity contribution is 0.180. The highest BCUT2D eigenvalue weighted by Gasteiger charge is 2.08. The monoisotopic (exact) mass is 321 g/mol. The van der Waals surface area contributed by atoms with Crippen molar-refractivity contribution in [2.75, 3.05) is 7.11 Å². The predicted octanol–water partition coefficient (Wildman–Crippen LogP) is 3.57. The summed E-state index contributed by atoms with van der Waals surface area (Å²) < 4.78 is 11.1. The van der Waals surface area contributed by atoms with E-state index < -0.39 is 0 Å². The zero-order chi connectivity index (χ0) is 16.8. The number of ether oxygens (including phenoxy) is 2. The second-order valence-corrected chi connectivity index (χ2v) is 5.46. The summed E-state index contributed by atoms with van der Waals surface area (Å²) in [4.78, 5) is 13.0. The highest BCUT2D eigenvalue weighted by atomic mass is 16.5. The molecule has 24 heavy (non-hydrogen) atoms. The third-order valence-corrected chi connectivity index (χ3v) is 3.49. The molecule has 0 amide bonds. The molecule has 3 aromatic rings. The molecule has 0 saturated heterocycles. The van der Waals surface area contributed by atoms with Crippen LogP contribution in [0.25, 0.3) is 11.4 Å². The Bertz CT molecular complexity index is 789. The summed E-state index contributed by atoms with van der Waals surface area (Å²) >= 11 is 0. The lowest BCUT2D eigenvalue weighted by atomic mass is 10.2. The first-order valence-electron chi connectivity index (χ1n) is 7.70. The van der Waals surface area contributed by atoms with Gasteiger partial charge < -0.3 is 9.47 Å². The maximum Gasteiger partial charge on any atom is 0.217 e. The molecule has 0 fully saturated rings. The number of nitrogens with zero attached hydrogens (tertiary/aromatic N) is 3. The van der Waals surface area contributed by atoms with Gasteiger partial charge in [0.15, 0.2) is 5.82 Å². The molecule has 0 spiro atoms. The molecule has 0 aliphatic carbocycles. The Morgan fingerprint density at radius 3 is 2.38 bits per heavy atom. The molecule has 0 N–H and O–H groups in total. The van der Waals surface area contributed by atoms with E-state index >= 15 is 0 Å². The van der Waals surface area contributed by atoms with Crippen molar-refractivity contribution in [1.82, 2.24) is 15.0 Å². The van der Waals surface area contributed by atoms with Gasteiger partial charge in [-0.25, -0.2) is 4.98 Å². The normalized spacial score (nSPS) is 10.6. The van der Waals surface area contributed by atoms with E-state index in [1.165, 1.54) is 5.56 Å². The molecule has 122 valence electrons. The molecule has 5 nitrogen and oxygen atoms in total. The van der Waals surface area contributed by atoms with E-state index in [2.05, 4.69) is 46.1 Å². The largest absolute Gasteiger partial charge is 0.473 e. The number of aromatic nitrogens is 3. The highest BCUT2D eigenvalue weighted by Crippen LogP contribution is 2.20. The standard InChI is InChI=1S/C19H19N3O2/c1-14-3-5-15(6-4-14)12-24-18-11-17(13-23-2)21-19(22-18)16-7-9-20-10-8-16/h3-11H,12-13H2,1-2H3. The van der Waals surface area contributed by atoms with E-state index in [0.29, 0.717) is 24.9 Å². The third-order valence-electron chi connectivity index (χ3n) is 3.49. The second kappa shape index (κ2) is 7.66. The lowest BCUT2D eigenvalue weighted by Gasteiger charge is -2.10. The van der Waals surface area contributed by atoms with Gasteiger partial charge in [0, 0.05) is 31.1 Å². The Kier molecular flexibility index (Phi) is 5.13. The van der Waals surface area contributed by atoms with Crippen molar-refractivity contribution in [3.05, 3.63) is 71.7 Å². The number of benzene rings is 1. The van der Waals surface area contributed by atoms with Gasteiger partial charge in [-0.05, 0) is 24.6 Å². The van der Waals surface area contributed by atoms with Crippen molar-refractivity contribution in [2.45, 2.75) is 20.1 Å². The Hall–Kier alpha value is -2.79. The molecule has 0 aliphatic rings. The van der Waals surface area contributed by atoms with Crippen LogP contribution in [-0.2, 0) is 18.0 Å². The first kappa shape index (κ1) is 16.1. The average Bonchev–Trinajstić information content (AvgIpc) is 2.62. The second-order valence-electron chi connectivity index (χ2n) is 5.46. The van der Waals surface area contributed by atoms with Crippen molar-refractivity contribution in [2.24, 2.45) is 0 Å². The molecule has 0 saturated carbocycles. The Balaban J connectivity index is 1.83. The third kappa shape index (κ3) is 4.14. The molecule has 5 heteroatoms. The molecule has 2 heterocycles. The maximum absolute atomic E-state index is 5.86.